The highest BCUT2D eigenvalue weighted by atomic mass is 32.2. The third-order valence-corrected chi connectivity index (χ3v) is 5.49. The van der Waals surface area contributed by atoms with Gasteiger partial charge in [-0.1, -0.05) is 23.8 Å². The molecule has 2 rings (SSSR count). The molecular weight excluding hydrogens is 234 g/mol. The molecule has 1 saturated heterocycles. The van der Waals surface area contributed by atoms with E-state index in [0.29, 0.717) is 11.4 Å². The topological polar surface area (TPSA) is 37.4 Å². The molecule has 0 aromatic heterocycles. The van der Waals surface area contributed by atoms with Crippen LogP contribution >= 0.6 is 0 Å². The smallest absolute Gasteiger partial charge is 0.207 e. The van der Waals surface area contributed by atoms with Crippen molar-refractivity contribution in [3.05, 3.63) is 42.5 Å². The van der Waals surface area contributed by atoms with Crippen LogP contribution in [0.2, 0.25) is 0 Å². The zero-order chi connectivity index (χ0) is 12.7. The first kappa shape index (κ1) is 12.3. The van der Waals surface area contributed by atoms with Crippen molar-refractivity contribution in [1.29, 1.82) is 0 Å². The van der Waals surface area contributed by atoms with Gasteiger partial charge in [-0.3, -0.25) is 0 Å². The molecular formula is C13H17NO2S. The molecule has 1 aromatic rings. The fourth-order valence-electron chi connectivity index (χ4n) is 1.99. The van der Waals surface area contributed by atoms with Crippen LogP contribution < -0.4 is 0 Å². The predicted molar refractivity (Wildman–Crippen MR) is 68.3 cm³/mol. The van der Waals surface area contributed by atoms with Gasteiger partial charge in [-0.15, -0.1) is 6.58 Å². The summed E-state index contributed by atoms with van der Waals surface area (Å²) in [6.45, 7) is 8.12. The van der Waals surface area contributed by atoms with E-state index in [1.54, 1.807) is 18.2 Å². The largest absolute Gasteiger partial charge is 0.243 e. The van der Waals surface area contributed by atoms with Crippen molar-refractivity contribution in [3.63, 3.8) is 0 Å². The Balaban J connectivity index is 2.38. The van der Waals surface area contributed by atoms with Gasteiger partial charge in [-0.05, 0) is 32.4 Å². The van der Waals surface area contributed by atoms with Gasteiger partial charge >= 0.3 is 0 Å². The standard InChI is InChI=1S/C13H17NO2S/c1-4-13(3)9-10-14(13)17(15,16)12-7-5-11(2)6-8-12/h4-8H,1,9-10H2,2-3H3. The van der Waals surface area contributed by atoms with E-state index >= 15 is 0 Å². The summed E-state index contributed by atoms with van der Waals surface area (Å²) in [6, 6.07) is 6.95. The third-order valence-electron chi connectivity index (χ3n) is 3.44. The van der Waals surface area contributed by atoms with Gasteiger partial charge in [0, 0.05) is 6.54 Å². The van der Waals surface area contributed by atoms with Crippen LogP contribution in [0.5, 0.6) is 0 Å². The van der Waals surface area contributed by atoms with Crippen molar-refractivity contribution in [2.45, 2.75) is 30.7 Å². The fourth-order valence-corrected chi connectivity index (χ4v) is 3.77. The van der Waals surface area contributed by atoms with Crippen molar-refractivity contribution < 1.29 is 8.42 Å². The molecule has 1 unspecified atom stereocenters. The molecule has 0 N–H and O–H groups in total. The monoisotopic (exact) mass is 251 g/mol. The molecule has 4 heteroatoms. The van der Waals surface area contributed by atoms with Crippen molar-refractivity contribution in [2.24, 2.45) is 0 Å². The first-order valence-corrected chi connectivity index (χ1v) is 7.07. The summed E-state index contributed by atoms with van der Waals surface area (Å²) < 4.78 is 26.3. The van der Waals surface area contributed by atoms with Gasteiger partial charge in [0.1, 0.15) is 0 Å². The number of rotatable bonds is 3. The zero-order valence-electron chi connectivity index (χ0n) is 10.2. The van der Waals surface area contributed by atoms with Gasteiger partial charge in [-0.2, -0.15) is 4.31 Å². The lowest BCUT2D eigenvalue weighted by Crippen LogP contribution is -2.58. The van der Waals surface area contributed by atoms with E-state index in [1.165, 1.54) is 4.31 Å². The minimum atomic E-state index is -3.38. The van der Waals surface area contributed by atoms with E-state index in [1.807, 2.05) is 26.0 Å². The minimum Gasteiger partial charge on any atom is -0.207 e. The quantitative estimate of drug-likeness (QED) is 0.773. The van der Waals surface area contributed by atoms with Crippen LogP contribution in [-0.4, -0.2) is 24.8 Å². The molecule has 17 heavy (non-hydrogen) atoms. The lowest BCUT2D eigenvalue weighted by atomic mass is 9.91. The van der Waals surface area contributed by atoms with Gasteiger partial charge in [0.15, 0.2) is 0 Å². The molecule has 1 heterocycles. The molecule has 92 valence electrons. The number of aryl methyl sites for hydroxylation is 1. The Labute approximate surface area is 103 Å². The van der Waals surface area contributed by atoms with Gasteiger partial charge in [0.05, 0.1) is 10.4 Å². The number of hydrogen-bond acceptors (Lipinski definition) is 2. The van der Waals surface area contributed by atoms with Crippen LogP contribution in [0.1, 0.15) is 18.9 Å². The lowest BCUT2D eigenvalue weighted by molar-refractivity contribution is 0.140. The summed E-state index contributed by atoms with van der Waals surface area (Å²) in [6.07, 6.45) is 2.55. The van der Waals surface area contributed by atoms with E-state index in [2.05, 4.69) is 6.58 Å². The zero-order valence-corrected chi connectivity index (χ0v) is 11.0. The molecule has 1 atom stereocenters. The molecule has 1 aromatic carbocycles. The molecule has 0 saturated carbocycles. The van der Waals surface area contributed by atoms with Crippen LogP contribution in [-0.2, 0) is 10.0 Å². The van der Waals surface area contributed by atoms with E-state index < -0.39 is 15.6 Å². The molecule has 0 spiro atoms. The normalized spacial score (nSPS) is 25.3. The Kier molecular flexibility index (Phi) is 2.87. The fraction of sp³-hybridized carbons (Fsp3) is 0.385. The second-order valence-corrected chi connectivity index (χ2v) is 6.56. The lowest BCUT2D eigenvalue weighted by Gasteiger charge is -2.47. The Morgan fingerprint density at radius 1 is 1.35 bits per heavy atom. The van der Waals surface area contributed by atoms with Crippen LogP contribution in [0.3, 0.4) is 0 Å². The van der Waals surface area contributed by atoms with Gasteiger partial charge in [0.2, 0.25) is 10.0 Å². The van der Waals surface area contributed by atoms with E-state index in [9.17, 15) is 8.42 Å². The number of hydrogen-bond donors (Lipinski definition) is 0. The Bertz CT molecular complexity index is 533. The maximum Gasteiger partial charge on any atom is 0.243 e. The second kappa shape index (κ2) is 3.96. The van der Waals surface area contributed by atoms with Crippen molar-refractivity contribution in [2.75, 3.05) is 6.54 Å². The van der Waals surface area contributed by atoms with Crippen LogP contribution in [0, 0.1) is 6.92 Å². The molecule has 0 aliphatic carbocycles. The highest BCUT2D eigenvalue weighted by Gasteiger charge is 2.45. The molecule has 1 aliphatic heterocycles. The molecule has 0 amide bonds. The van der Waals surface area contributed by atoms with E-state index in [4.69, 9.17) is 0 Å². The third kappa shape index (κ3) is 1.91. The molecule has 3 nitrogen and oxygen atoms in total. The molecule has 1 aliphatic rings. The number of sulfonamides is 1. The second-order valence-electron chi connectivity index (χ2n) is 4.70. The summed E-state index contributed by atoms with van der Waals surface area (Å²) >= 11 is 0. The average Bonchev–Trinajstić information content (AvgIpc) is 2.26. The highest BCUT2D eigenvalue weighted by Crippen LogP contribution is 2.36. The van der Waals surface area contributed by atoms with Crippen molar-refractivity contribution in [1.82, 2.24) is 4.31 Å². The first-order chi connectivity index (χ1) is 7.90. The van der Waals surface area contributed by atoms with Crippen LogP contribution in [0.15, 0.2) is 41.8 Å². The number of benzene rings is 1. The Hall–Kier alpha value is -1.13. The maximum atomic E-state index is 12.4. The average molecular weight is 251 g/mol. The van der Waals surface area contributed by atoms with Crippen LogP contribution in [0.25, 0.3) is 0 Å². The van der Waals surface area contributed by atoms with Gasteiger partial charge in [0.25, 0.3) is 0 Å². The van der Waals surface area contributed by atoms with Crippen LogP contribution in [0.4, 0.5) is 0 Å². The summed E-state index contributed by atoms with van der Waals surface area (Å²) in [4.78, 5) is 0.357. The Morgan fingerprint density at radius 3 is 2.35 bits per heavy atom. The summed E-state index contributed by atoms with van der Waals surface area (Å²) in [5.74, 6) is 0. The predicted octanol–water partition coefficient (Wildman–Crippen LogP) is 2.33. The Morgan fingerprint density at radius 2 is 1.94 bits per heavy atom. The van der Waals surface area contributed by atoms with Crippen molar-refractivity contribution >= 4 is 10.0 Å². The molecule has 1 fully saturated rings. The number of nitrogens with zero attached hydrogens (tertiary/aromatic N) is 1. The van der Waals surface area contributed by atoms with Crippen molar-refractivity contribution in [3.8, 4) is 0 Å². The highest BCUT2D eigenvalue weighted by molar-refractivity contribution is 7.89. The maximum absolute atomic E-state index is 12.4. The van der Waals surface area contributed by atoms with E-state index in [0.717, 1.165) is 12.0 Å². The molecule has 0 radical (unpaired) electrons. The summed E-state index contributed by atoms with van der Waals surface area (Å²) in [5, 5.41) is 0. The molecule has 0 bridgehead atoms. The summed E-state index contributed by atoms with van der Waals surface area (Å²) in [7, 11) is -3.38. The SMILES string of the molecule is C=CC1(C)CCN1S(=O)(=O)c1ccc(C)cc1. The van der Waals surface area contributed by atoms with E-state index in [-0.39, 0.29) is 0 Å². The minimum absolute atomic E-state index is 0.357. The first-order valence-electron chi connectivity index (χ1n) is 5.63. The summed E-state index contributed by atoms with van der Waals surface area (Å²) in [5.41, 5.74) is 0.628. The van der Waals surface area contributed by atoms with Gasteiger partial charge in [-0.25, -0.2) is 8.42 Å². The van der Waals surface area contributed by atoms with Gasteiger partial charge < -0.3 is 0 Å².